The summed E-state index contributed by atoms with van der Waals surface area (Å²) in [6.45, 7) is 0.534. The Bertz CT molecular complexity index is 1870. The van der Waals surface area contributed by atoms with Crippen LogP contribution >= 0.6 is 11.8 Å². The maximum atomic E-state index is 13.6. The van der Waals surface area contributed by atoms with E-state index in [9.17, 15) is 18.0 Å². The van der Waals surface area contributed by atoms with Crippen LogP contribution < -0.4 is 10.3 Å². The minimum absolute atomic E-state index is 0.0405. The quantitative estimate of drug-likeness (QED) is 0.0885. The molecule has 0 spiro atoms. The van der Waals surface area contributed by atoms with Crippen molar-refractivity contribution < 1.29 is 17.9 Å². The summed E-state index contributed by atoms with van der Waals surface area (Å²) in [6.07, 6.45) is -2.66. The maximum absolute atomic E-state index is 13.6. The Morgan fingerprint density at radius 2 is 1.30 bits per heavy atom. The highest BCUT2D eigenvalue weighted by molar-refractivity contribution is 7.99. The van der Waals surface area contributed by atoms with Gasteiger partial charge >= 0.3 is 6.18 Å². The van der Waals surface area contributed by atoms with Gasteiger partial charge in [-0.2, -0.15) is 13.2 Å². The molecule has 11 heteroatoms. The monoisotopic (exact) mass is 639 g/mol. The molecule has 46 heavy (non-hydrogen) atoms. The van der Waals surface area contributed by atoms with Crippen molar-refractivity contribution in [1.82, 2.24) is 24.5 Å². The number of hydrogen-bond acceptors (Lipinski definition) is 6. The van der Waals surface area contributed by atoms with Crippen LogP contribution in [0.2, 0.25) is 0 Å². The van der Waals surface area contributed by atoms with Gasteiger partial charge in [0.2, 0.25) is 0 Å². The summed E-state index contributed by atoms with van der Waals surface area (Å²) in [5, 5.41) is 9.56. The van der Waals surface area contributed by atoms with E-state index in [2.05, 4.69) is 46.7 Å². The molecule has 6 rings (SSSR count). The molecule has 0 aliphatic rings. The van der Waals surface area contributed by atoms with Gasteiger partial charge in [-0.3, -0.25) is 9.36 Å². The van der Waals surface area contributed by atoms with Gasteiger partial charge in [0, 0.05) is 6.07 Å². The molecule has 0 radical (unpaired) electrons. The molecule has 0 saturated carbocycles. The molecule has 0 N–H and O–H groups in total. The molecule has 7 nitrogen and oxygen atoms in total. The zero-order chi connectivity index (χ0) is 32.1. The number of nitrogens with zero attached hydrogens (tertiary/aromatic N) is 5. The summed E-state index contributed by atoms with van der Waals surface area (Å²) in [7, 11) is 0. The first-order valence-electron chi connectivity index (χ1n) is 14.5. The second-order valence-electron chi connectivity index (χ2n) is 10.3. The first-order chi connectivity index (χ1) is 22.3. The van der Waals surface area contributed by atoms with Gasteiger partial charge in [-0.25, -0.2) is 9.67 Å². The van der Waals surface area contributed by atoms with Crippen LogP contribution in [0.15, 0.2) is 137 Å². The predicted octanol–water partition coefficient (Wildman–Crippen LogP) is 7.38. The van der Waals surface area contributed by atoms with Crippen molar-refractivity contribution in [3.05, 3.63) is 155 Å². The van der Waals surface area contributed by atoms with Crippen LogP contribution in [0, 0.1) is 0 Å². The lowest BCUT2D eigenvalue weighted by molar-refractivity contribution is -0.153. The fourth-order valence-corrected chi connectivity index (χ4v) is 6.14. The largest absolute Gasteiger partial charge is 0.484 e. The zero-order valence-electron chi connectivity index (χ0n) is 24.6. The Morgan fingerprint density at radius 1 is 0.761 bits per heavy atom. The fourth-order valence-electron chi connectivity index (χ4n) is 5.39. The topological polar surface area (TPSA) is 74.8 Å². The van der Waals surface area contributed by atoms with E-state index >= 15 is 0 Å². The third-order valence-electron chi connectivity index (χ3n) is 7.33. The number of rotatable bonds is 10. The number of halogens is 3. The van der Waals surface area contributed by atoms with Crippen molar-refractivity contribution in [2.24, 2.45) is 0 Å². The minimum atomic E-state index is -4.45. The molecule has 0 unspecified atom stereocenters. The highest BCUT2D eigenvalue weighted by atomic mass is 32.2. The number of benzene rings is 4. The molecule has 6 aromatic rings. The fraction of sp³-hybridized carbons (Fsp3) is 0.143. The summed E-state index contributed by atoms with van der Waals surface area (Å²) in [5.74, 6) is 0.660. The first-order valence-corrected chi connectivity index (χ1v) is 15.4. The van der Waals surface area contributed by atoms with Crippen molar-refractivity contribution in [2.75, 3.05) is 12.4 Å². The molecule has 232 valence electrons. The standard InChI is InChI=1S/C35H28F3N5O2S/c1-2-46-33-39-30(22-32(44)43(33)28-18-20-29(21-19-28)45-24-34(36,37)38)31-23-42(41-40-31)35(25-12-6-3-7-13-25,26-14-8-4-9-15-26)27-16-10-5-11-17-27/h3-23H,2,24H2,1H3. The molecule has 0 amide bonds. The molecule has 0 fully saturated rings. The lowest BCUT2D eigenvalue weighted by atomic mass is 9.77. The zero-order valence-corrected chi connectivity index (χ0v) is 25.4. The van der Waals surface area contributed by atoms with Gasteiger partial charge in [-0.15, -0.1) is 5.10 Å². The Morgan fingerprint density at radius 3 is 1.80 bits per heavy atom. The van der Waals surface area contributed by atoms with E-state index in [1.165, 1.54) is 46.7 Å². The Hall–Kier alpha value is -5.16. The van der Waals surface area contributed by atoms with Crippen molar-refractivity contribution in [2.45, 2.75) is 23.8 Å². The van der Waals surface area contributed by atoms with Crippen LogP contribution in [0.4, 0.5) is 13.2 Å². The van der Waals surface area contributed by atoms with Gasteiger partial charge in [-0.05, 0) is 46.7 Å². The van der Waals surface area contributed by atoms with Crippen molar-refractivity contribution in [3.63, 3.8) is 0 Å². The van der Waals surface area contributed by atoms with E-state index in [1.54, 1.807) is 6.20 Å². The lowest BCUT2D eigenvalue weighted by Crippen LogP contribution is -2.38. The Balaban J connectivity index is 1.45. The first kappa shape index (κ1) is 30.8. The average Bonchev–Trinajstić information content (AvgIpc) is 3.56. The molecule has 0 atom stereocenters. The summed E-state index contributed by atoms with van der Waals surface area (Å²) in [6, 6.07) is 37.3. The van der Waals surface area contributed by atoms with Gasteiger partial charge in [0.25, 0.3) is 5.56 Å². The van der Waals surface area contributed by atoms with Crippen molar-refractivity contribution in [3.8, 4) is 22.8 Å². The maximum Gasteiger partial charge on any atom is 0.422 e. The average molecular weight is 640 g/mol. The van der Waals surface area contributed by atoms with Crippen LogP contribution in [0.1, 0.15) is 23.6 Å². The molecular weight excluding hydrogens is 611 g/mol. The number of hydrogen-bond donors (Lipinski definition) is 0. The van der Waals surface area contributed by atoms with Crippen molar-refractivity contribution >= 4 is 11.8 Å². The number of ether oxygens (including phenoxy) is 1. The minimum Gasteiger partial charge on any atom is -0.484 e. The number of aromatic nitrogens is 5. The molecule has 0 bridgehead atoms. The van der Waals surface area contributed by atoms with E-state index in [1.807, 2.05) is 66.2 Å². The second kappa shape index (κ2) is 13.1. The molecule has 2 aromatic heterocycles. The molecule has 2 heterocycles. The highest BCUT2D eigenvalue weighted by Gasteiger charge is 2.40. The van der Waals surface area contributed by atoms with Crippen LogP contribution in [0.25, 0.3) is 17.1 Å². The smallest absolute Gasteiger partial charge is 0.422 e. The van der Waals surface area contributed by atoms with E-state index in [0.29, 0.717) is 28.0 Å². The number of alkyl halides is 3. The third-order valence-corrected chi connectivity index (χ3v) is 8.15. The molecule has 0 aliphatic carbocycles. The van der Waals surface area contributed by atoms with E-state index in [0.717, 1.165) is 16.7 Å². The SMILES string of the molecule is CCSc1nc(-c2cn(C(c3ccccc3)(c3ccccc3)c3ccccc3)nn2)cc(=O)n1-c1ccc(OCC(F)(F)F)cc1. The van der Waals surface area contributed by atoms with E-state index in [4.69, 9.17) is 9.72 Å². The van der Waals surface area contributed by atoms with Crippen LogP contribution in [0.5, 0.6) is 5.75 Å². The Kier molecular flexibility index (Phi) is 8.76. The predicted molar refractivity (Wildman–Crippen MR) is 171 cm³/mol. The van der Waals surface area contributed by atoms with E-state index < -0.39 is 18.3 Å². The lowest BCUT2D eigenvalue weighted by Gasteiger charge is -2.35. The summed E-state index contributed by atoms with van der Waals surface area (Å²) >= 11 is 1.36. The van der Waals surface area contributed by atoms with Gasteiger partial charge in [-0.1, -0.05) is 115 Å². The van der Waals surface area contributed by atoms with Crippen molar-refractivity contribution in [1.29, 1.82) is 0 Å². The highest BCUT2D eigenvalue weighted by Crippen LogP contribution is 2.40. The number of thioether (sulfide) groups is 1. The van der Waals surface area contributed by atoms with E-state index in [-0.39, 0.29) is 11.3 Å². The summed E-state index contributed by atoms with van der Waals surface area (Å²) < 4.78 is 45.8. The van der Waals surface area contributed by atoms with Gasteiger partial charge in [0.1, 0.15) is 22.7 Å². The summed E-state index contributed by atoms with van der Waals surface area (Å²) in [4.78, 5) is 18.4. The molecular formula is C35H28F3N5O2S. The normalized spacial score (nSPS) is 11.8. The van der Waals surface area contributed by atoms with Gasteiger partial charge in [0.15, 0.2) is 11.8 Å². The van der Waals surface area contributed by atoms with Gasteiger partial charge in [0.05, 0.1) is 11.9 Å². The third kappa shape index (κ3) is 6.18. The Labute approximate surface area is 267 Å². The van der Waals surface area contributed by atoms with Crippen LogP contribution in [0.3, 0.4) is 0 Å². The second-order valence-corrected chi connectivity index (χ2v) is 11.5. The molecule has 0 aliphatic heterocycles. The van der Waals surface area contributed by atoms with Crippen LogP contribution in [-0.4, -0.2) is 43.1 Å². The summed E-state index contributed by atoms with van der Waals surface area (Å²) in [5.41, 5.74) is 2.84. The molecule has 0 saturated heterocycles. The van der Waals surface area contributed by atoms with Gasteiger partial charge < -0.3 is 4.74 Å². The van der Waals surface area contributed by atoms with Crippen LogP contribution in [-0.2, 0) is 5.54 Å². The molecule has 4 aromatic carbocycles.